The molecule has 0 radical (unpaired) electrons. The Morgan fingerprint density at radius 1 is 0.706 bits per heavy atom. The summed E-state index contributed by atoms with van der Waals surface area (Å²) in [6, 6.07) is 11.1. The first kappa shape index (κ1) is 11.1. The fourth-order valence-electron chi connectivity index (χ4n) is 1.44. The van der Waals surface area contributed by atoms with E-state index >= 15 is 0 Å². The van der Waals surface area contributed by atoms with E-state index in [1.54, 1.807) is 36.4 Å². The highest BCUT2D eigenvalue weighted by atomic mass is 16.3. The van der Waals surface area contributed by atoms with Gasteiger partial charge in [0.05, 0.1) is 0 Å². The fourth-order valence-corrected chi connectivity index (χ4v) is 1.44. The van der Waals surface area contributed by atoms with Crippen LogP contribution in [0.1, 0.15) is 11.1 Å². The summed E-state index contributed by atoms with van der Waals surface area (Å²) in [4.78, 5) is 0. The molecule has 2 rings (SSSR count). The van der Waals surface area contributed by atoms with Crippen LogP contribution in [0.5, 0.6) is 17.2 Å². The smallest absolute Gasteiger partial charge is 0.126 e. The van der Waals surface area contributed by atoms with Crippen LogP contribution in [0.4, 0.5) is 0 Å². The van der Waals surface area contributed by atoms with Crippen molar-refractivity contribution >= 4 is 12.2 Å². The van der Waals surface area contributed by atoms with Crippen molar-refractivity contribution < 1.29 is 15.3 Å². The van der Waals surface area contributed by atoms with Crippen molar-refractivity contribution in [1.82, 2.24) is 0 Å². The first-order valence-corrected chi connectivity index (χ1v) is 5.14. The van der Waals surface area contributed by atoms with Gasteiger partial charge in [0.15, 0.2) is 0 Å². The van der Waals surface area contributed by atoms with Crippen LogP contribution in [-0.2, 0) is 0 Å². The van der Waals surface area contributed by atoms with E-state index in [1.165, 1.54) is 12.1 Å². The fraction of sp³-hybridized carbons (Fsp3) is 0. The molecule has 3 heteroatoms. The van der Waals surface area contributed by atoms with Gasteiger partial charge in [0.2, 0.25) is 0 Å². The van der Waals surface area contributed by atoms with Gasteiger partial charge in [-0.15, -0.1) is 0 Å². The van der Waals surface area contributed by atoms with Gasteiger partial charge in [-0.25, -0.2) is 0 Å². The first-order chi connectivity index (χ1) is 8.15. The zero-order chi connectivity index (χ0) is 12.3. The summed E-state index contributed by atoms with van der Waals surface area (Å²) in [6.45, 7) is 0. The summed E-state index contributed by atoms with van der Waals surface area (Å²) < 4.78 is 0. The van der Waals surface area contributed by atoms with Crippen LogP contribution in [0.25, 0.3) is 12.2 Å². The average molecular weight is 228 g/mol. The van der Waals surface area contributed by atoms with Gasteiger partial charge in [0.1, 0.15) is 17.2 Å². The summed E-state index contributed by atoms with van der Waals surface area (Å²) >= 11 is 0. The molecule has 0 heterocycles. The number of rotatable bonds is 2. The van der Waals surface area contributed by atoms with Crippen LogP contribution < -0.4 is 0 Å². The lowest BCUT2D eigenvalue weighted by Gasteiger charge is -1.99. The molecule has 17 heavy (non-hydrogen) atoms. The van der Waals surface area contributed by atoms with E-state index in [9.17, 15) is 5.11 Å². The van der Waals surface area contributed by atoms with Crippen molar-refractivity contribution in [2.24, 2.45) is 0 Å². The molecule has 0 bridgehead atoms. The third kappa shape index (κ3) is 2.78. The van der Waals surface area contributed by atoms with Gasteiger partial charge in [-0.1, -0.05) is 24.3 Å². The topological polar surface area (TPSA) is 60.7 Å². The van der Waals surface area contributed by atoms with E-state index in [1.807, 2.05) is 6.08 Å². The minimum absolute atomic E-state index is 0.0278. The molecule has 86 valence electrons. The van der Waals surface area contributed by atoms with Crippen LogP contribution in [0, 0.1) is 0 Å². The summed E-state index contributed by atoms with van der Waals surface area (Å²) in [5.41, 5.74) is 1.53. The van der Waals surface area contributed by atoms with Gasteiger partial charge in [0, 0.05) is 11.6 Å². The molecule has 0 aliphatic heterocycles. The number of phenolic OH excluding ortho intramolecular Hbond substituents is 3. The van der Waals surface area contributed by atoms with Crippen LogP contribution in [0.15, 0.2) is 42.5 Å². The summed E-state index contributed by atoms with van der Waals surface area (Å²) in [6.07, 6.45) is 3.55. The lowest BCUT2D eigenvalue weighted by atomic mass is 10.1. The molecule has 0 aromatic heterocycles. The number of hydrogen-bond donors (Lipinski definition) is 3. The molecular formula is C14H12O3. The molecule has 0 spiro atoms. The first-order valence-electron chi connectivity index (χ1n) is 5.14. The molecule has 0 aliphatic rings. The van der Waals surface area contributed by atoms with Crippen molar-refractivity contribution in [2.75, 3.05) is 0 Å². The summed E-state index contributed by atoms with van der Waals surface area (Å²) in [5.74, 6) is 0.277. The van der Waals surface area contributed by atoms with Gasteiger partial charge < -0.3 is 15.3 Å². The van der Waals surface area contributed by atoms with E-state index in [2.05, 4.69) is 0 Å². The molecule has 0 fully saturated rings. The highest BCUT2D eigenvalue weighted by Crippen LogP contribution is 2.24. The molecule has 0 atom stereocenters. The Balaban J connectivity index is 2.23. The average Bonchev–Trinajstić information content (AvgIpc) is 2.30. The van der Waals surface area contributed by atoms with Crippen molar-refractivity contribution in [3.05, 3.63) is 53.6 Å². The third-order valence-corrected chi connectivity index (χ3v) is 2.36. The van der Waals surface area contributed by atoms with E-state index in [0.717, 1.165) is 5.56 Å². The lowest BCUT2D eigenvalue weighted by molar-refractivity contribution is 0.450. The molecule has 3 N–H and O–H groups in total. The number of hydrogen-bond acceptors (Lipinski definition) is 3. The van der Waals surface area contributed by atoms with Crippen molar-refractivity contribution in [2.45, 2.75) is 0 Å². The quantitative estimate of drug-likeness (QED) is 0.692. The van der Waals surface area contributed by atoms with Crippen LogP contribution >= 0.6 is 0 Å². The predicted molar refractivity (Wildman–Crippen MR) is 66.8 cm³/mol. The second kappa shape index (κ2) is 4.61. The number of benzene rings is 2. The predicted octanol–water partition coefficient (Wildman–Crippen LogP) is 2.97. The SMILES string of the molecule is Oc1ccc(/C=C\c2ccc(O)cc2O)cc1. The van der Waals surface area contributed by atoms with Gasteiger partial charge in [-0.3, -0.25) is 0 Å². The Hall–Kier alpha value is -2.42. The zero-order valence-corrected chi connectivity index (χ0v) is 9.04. The van der Waals surface area contributed by atoms with Crippen molar-refractivity contribution in [3.63, 3.8) is 0 Å². The molecule has 3 nitrogen and oxygen atoms in total. The highest BCUT2D eigenvalue weighted by Gasteiger charge is 1.98. The molecule has 2 aromatic carbocycles. The molecule has 0 saturated carbocycles. The Kier molecular flexibility index (Phi) is 3.01. The van der Waals surface area contributed by atoms with Crippen LogP contribution in [-0.4, -0.2) is 15.3 Å². The molecule has 0 unspecified atom stereocenters. The Morgan fingerprint density at radius 2 is 1.35 bits per heavy atom. The highest BCUT2D eigenvalue weighted by molar-refractivity contribution is 5.72. The van der Waals surface area contributed by atoms with E-state index in [-0.39, 0.29) is 17.2 Å². The molecule has 0 saturated heterocycles. The Morgan fingerprint density at radius 3 is 2.00 bits per heavy atom. The normalized spacial score (nSPS) is 10.8. The lowest BCUT2D eigenvalue weighted by Crippen LogP contribution is -1.75. The second-order valence-electron chi connectivity index (χ2n) is 3.67. The Labute approximate surface area is 98.9 Å². The second-order valence-corrected chi connectivity index (χ2v) is 3.67. The molecule has 2 aromatic rings. The minimum Gasteiger partial charge on any atom is -0.508 e. The maximum atomic E-state index is 9.56. The van der Waals surface area contributed by atoms with Gasteiger partial charge in [-0.2, -0.15) is 0 Å². The maximum absolute atomic E-state index is 9.56. The zero-order valence-electron chi connectivity index (χ0n) is 9.04. The van der Waals surface area contributed by atoms with E-state index < -0.39 is 0 Å². The third-order valence-electron chi connectivity index (χ3n) is 2.36. The van der Waals surface area contributed by atoms with Gasteiger partial charge in [-0.05, 0) is 29.8 Å². The standard InChI is InChI=1S/C14H12O3/c15-12-6-2-10(3-7-12)1-4-11-5-8-13(16)9-14(11)17/h1-9,15-17H/b4-1-. The van der Waals surface area contributed by atoms with Gasteiger partial charge in [0.25, 0.3) is 0 Å². The van der Waals surface area contributed by atoms with Crippen LogP contribution in [0.3, 0.4) is 0 Å². The summed E-state index contributed by atoms with van der Waals surface area (Å²) in [7, 11) is 0. The van der Waals surface area contributed by atoms with E-state index in [0.29, 0.717) is 5.56 Å². The molecule has 0 amide bonds. The van der Waals surface area contributed by atoms with Gasteiger partial charge >= 0.3 is 0 Å². The minimum atomic E-state index is 0.0278. The number of phenols is 3. The Bertz CT molecular complexity index is 542. The van der Waals surface area contributed by atoms with Crippen molar-refractivity contribution in [1.29, 1.82) is 0 Å². The largest absolute Gasteiger partial charge is 0.508 e. The maximum Gasteiger partial charge on any atom is 0.126 e. The molecular weight excluding hydrogens is 216 g/mol. The van der Waals surface area contributed by atoms with Crippen molar-refractivity contribution in [3.8, 4) is 17.2 Å². The number of aromatic hydroxyl groups is 3. The summed E-state index contributed by atoms with van der Waals surface area (Å²) in [5, 5.41) is 27.8. The van der Waals surface area contributed by atoms with E-state index in [4.69, 9.17) is 10.2 Å². The molecule has 0 aliphatic carbocycles. The van der Waals surface area contributed by atoms with Crippen LogP contribution in [0.2, 0.25) is 0 Å². The monoisotopic (exact) mass is 228 g/mol.